The Balaban J connectivity index is 1.48. The predicted molar refractivity (Wildman–Crippen MR) is 142 cm³/mol. The van der Waals surface area contributed by atoms with Crippen LogP contribution in [0.3, 0.4) is 0 Å². The molecule has 0 N–H and O–H groups in total. The molecular formula is C31H25N3O. The minimum absolute atomic E-state index is 0.446. The summed E-state index contributed by atoms with van der Waals surface area (Å²) < 4.78 is 8.23. The van der Waals surface area contributed by atoms with Gasteiger partial charge in [-0.25, -0.2) is 9.97 Å². The monoisotopic (exact) mass is 455 g/mol. The maximum absolute atomic E-state index is 5.97. The van der Waals surface area contributed by atoms with Gasteiger partial charge in [-0.3, -0.25) is 4.57 Å². The van der Waals surface area contributed by atoms with E-state index in [-0.39, 0.29) is 0 Å². The maximum Gasteiger partial charge on any atom is 0.219 e. The lowest BCUT2D eigenvalue weighted by Crippen LogP contribution is -1.99. The summed E-state index contributed by atoms with van der Waals surface area (Å²) in [5.74, 6) is 2.70. The van der Waals surface area contributed by atoms with Crippen LogP contribution in [0.25, 0.3) is 38.8 Å². The first kappa shape index (κ1) is 21.1. The summed E-state index contributed by atoms with van der Waals surface area (Å²) in [6.07, 6.45) is 3.72. The van der Waals surface area contributed by atoms with E-state index in [1.165, 1.54) is 16.3 Å². The van der Waals surface area contributed by atoms with Crippen molar-refractivity contribution in [3.63, 3.8) is 0 Å². The van der Waals surface area contributed by atoms with Gasteiger partial charge in [0.25, 0.3) is 0 Å². The van der Waals surface area contributed by atoms with Crippen molar-refractivity contribution in [2.24, 2.45) is 0 Å². The van der Waals surface area contributed by atoms with Crippen molar-refractivity contribution in [2.75, 3.05) is 0 Å². The zero-order valence-electron chi connectivity index (χ0n) is 19.7. The molecule has 0 aliphatic carbocycles. The van der Waals surface area contributed by atoms with Crippen molar-refractivity contribution < 1.29 is 4.74 Å². The second kappa shape index (κ2) is 8.73. The number of para-hydroxylation sites is 1. The Morgan fingerprint density at radius 2 is 1.51 bits per heavy atom. The SMILES string of the molecule is CC(C)c1ccc(-n2c3ccccc3c3ccc(-c4cccc(Oc5ccccn5)c4)cc32)nc1. The van der Waals surface area contributed by atoms with Crippen molar-refractivity contribution in [1.82, 2.24) is 14.5 Å². The number of benzene rings is 3. The molecule has 35 heavy (non-hydrogen) atoms. The fourth-order valence-electron chi connectivity index (χ4n) is 4.54. The van der Waals surface area contributed by atoms with Crippen LogP contribution in [0.2, 0.25) is 0 Å². The van der Waals surface area contributed by atoms with E-state index >= 15 is 0 Å². The molecule has 0 bridgehead atoms. The summed E-state index contributed by atoms with van der Waals surface area (Å²) >= 11 is 0. The number of rotatable bonds is 5. The van der Waals surface area contributed by atoms with Crippen LogP contribution in [-0.2, 0) is 0 Å². The Morgan fingerprint density at radius 1 is 0.686 bits per heavy atom. The molecule has 0 amide bonds. The molecule has 0 radical (unpaired) electrons. The minimum atomic E-state index is 0.446. The van der Waals surface area contributed by atoms with Gasteiger partial charge < -0.3 is 4.74 Å². The summed E-state index contributed by atoms with van der Waals surface area (Å²) in [6, 6.07) is 33.2. The van der Waals surface area contributed by atoms with E-state index in [1.807, 2.05) is 36.5 Å². The fraction of sp³-hybridized carbons (Fsp3) is 0.0968. The molecule has 170 valence electrons. The average molecular weight is 456 g/mol. The molecule has 0 spiro atoms. The van der Waals surface area contributed by atoms with Gasteiger partial charge in [0.05, 0.1) is 11.0 Å². The second-order valence-corrected chi connectivity index (χ2v) is 8.99. The Kier molecular flexibility index (Phi) is 5.27. The van der Waals surface area contributed by atoms with Crippen LogP contribution < -0.4 is 4.74 Å². The third-order valence-electron chi connectivity index (χ3n) is 6.37. The molecule has 0 aliphatic rings. The maximum atomic E-state index is 5.97. The Morgan fingerprint density at radius 3 is 2.31 bits per heavy atom. The number of hydrogen-bond donors (Lipinski definition) is 0. The summed E-state index contributed by atoms with van der Waals surface area (Å²) in [7, 11) is 0. The molecule has 6 aromatic rings. The molecule has 4 nitrogen and oxygen atoms in total. The first-order chi connectivity index (χ1) is 17.2. The highest BCUT2D eigenvalue weighted by molar-refractivity contribution is 6.10. The smallest absolute Gasteiger partial charge is 0.219 e. The van der Waals surface area contributed by atoms with E-state index < -0.39 is 0 Å². The van der Waals surface area contributed by atoms with Crippen molar-refractivity contribution in [3.05, 3.63) is 115 Å². The van der Waals surface area contributed by atoms with Gasteiger partial charge in [-0.1, -0.05) is 68.4 Å². The van der Waals surface area contributed by atoms with Crippen molar-refractivity contribution >= 4 is 21.8 Å². The van der Waals surface area contributed by atoms with Crippen molar-refractivity contribution in [2.45, 2.75) is 19.8 Å². The molecule has 4 heteroatoms. The van der Waals surface area contributed by atoms with Crippen LogP contribution in [0, 0.1) is 0 Å². The molecule has 0 aliphatic heterocycles. The molecule has 6 rings (SSSR count). The Hall–Kier alpha value is -4.44. The Bertz CT molecular complexity index is 1630. The summed E-state index contributed by atoms with van der Waals surface area (Å²) in [5, 5.41) is 2.43. The lowest BCUT2D eigenvalue weighted by Gasteiger charge is -2.11. The quantitative estimate of drug-likeness (QED) is 0.263. The molecule has 0 unspecified atom stereocenters. The van der Waals surface area contributed by atoms with Gasteiger partial charge in [0.1, 0.15) is 11.6 Å². The van der Waals surface area contributed by atoms with E-state index in [1.54, 1.807) is 6.20 Å². The van der Waals surface area contributed by atoms with Crippen LogP contribution in [0.5, 0.6) is 11.6 Å². The highest BCUT2D eigenvalue weighted by atomic mass is 16.5. The Labute approximate surface area is 204 Å². The summed E-state index contributed by atoms with van der Waals surface area (Å²) in [6.45, 7) is 4.38. The van der Waals surface area contributed by atoms with E-state index in [2.05, 4.69) is 90.1 Å². The van der Waals surface area contributed by atoms with Gasteiger partial charge in [-0.05, 0) is 59.0 Å². The molecule has 0 saturated carbocycles. The van der Waals surface area contributed by atoms with Gasteiger partial charge in [0.15, 0.2) is 0 Å². The van der Waals surface area contributed by atoms with E-state index in [0.29, 0.717) is 11.8 Å². The summed E-state index contributed by atoms with van der Waals surface area (Å²) in [5.41, 5.74) is 5.72. The van der Waals surface area contributed by atoms with E-state index in [9.17, 15) is 0 Å². The van der Waals surface area contributed by atoms with Crippen LogP contribution in [0.1, 0.15) is 25.3 Å². The van der Waals surface area contributed by atoms with Crippen LogP contribution >= 0.6 is 0 Å². The molecule has 0 fully saturated rings. The number of fused-ring (bicyclic) bond motifs is 3. The van der Waals surface area contributed by atoms with Crippen molar-refractivity contribution in [1.29, 1.82) is 0 Å². The molecule has 3 heterocycles. The van der Waals surface area contributed by atoms with E-state index in [0.717, 1.165) is 33.7 Å². The first-order valence-corrected chi connectivity index (χ1v) is 11.9. The normalized spacial score (nSPS) is 11.4. The number of pyridine rings is 2. The number of ether oxygens (including phenoxy) is 1. The third-order valence-corrected chi connectivity index (χ3v) is 6.37. The highest BCUT2D eigenvalue weighted by Gasteiger charge is 2.14. The first-order valence-electron chi connectivity index (χ1n) is 11.9. The zero-order valence-corrected chi connectivity index (χ0v) is 19.7. The van der Waals surface area contributed by atoms with Crippen LogP contribution in [0.4, 0.5) is 0 Å². The number of aromatic nitrogens is 3. The topological polar surface area (TPSA) is 39.9 Å². The van der Waals surface area contributed by atoms with Gasteiger partial charge in [-0.15, -0.1) is 0 Å². The summed E-state index contributed by atoms with van der Waals surface area (Å²) in [4.78, 5) is 9.11. The predicted octanol–water partition coefficient (Wildman–Crippen LogP) is 8.16. The average Bonchev–Trinajstić information content (AvgIpc) is 3.23. The number of nitrogens with zero attached hydrogens (tertiary/aromatic N) is 3. The largest absolute Gasteiger partial charge is 0.439 e. The molecule has 3 aromatic carbocycles. The number of hydrogen-bond acceptors (Lipinski definition) is 3. The van der Waals surface area contributed by atoms with Gasteiger partial charge in [0, 0.05) is 29.2 Å². The minimum Gasteiger partial charge on any atom is -0.439 e. The second-order valence-electron chi connectivity index (χ2n) is 8.99. The van der Waals surface area contributed by atoms with Crippen LogP contribution in [-0.4, -0.2) is 14.5 Å². The third kappa shape index (κ3) is 3.93. The lowest BCUT2D eigenvalue weighted by molar-refractivity contribution is 0.463. The molecule has 0 saturated heterocycles. The fourth-order valence-corrected chi connectivity index (χ4v) is 4.54. The molecular weight excluding hydrogens is 430 g/mol. The standard InChI is InChI=1S/C31H25N3O/c1-21(2)24-14-16-30(33-20-24)34-28-11-4-3-10-26(28)27-15-13-23(19-29(27)34)22-8-7-9-25(18-22)35-31-12-5-6-17-32-31/h3-21H,1-2H3. The van der Waals surface area contributed by atoms with Gasteiger partial charge in [-0.2, -0.15) is 0 Å². The van der Waals surface area contributed by atoms with Gasteiger partial charge >= 0.3 is 0 Å². The zero-order chi connectivity index (χ0) is 23.8. The molecule has 0 atom stereocenters. The van der Waals surface area contributed by atoms with Crippen LogP contribution in [0.15, 0.2) is 109 Å². The van der Waals surface area contributed by atoms with E-state index in [4.69, 9.17) is 9.72 Å². The van der Waals surface area contributed by atoms with Crippen molar-refractivity contribution in [3.8, 4) is 28.6 Å². The van der Waals surface area contributed by atoms with Gasteiger partial charge in [0.2, 0.25) is 5.88 Å². The lowest BCUT2D eigenvalue weighted by atomic mass is 10.0. The molecule has 3 aromatic heterocycles. The highest BCUT2D eigenvalue weighted by Crippen LogP contribution is 2.35.